The van der Waals surface area contributed by atoms with E-state index < -0.39 is 18.0 Å². The lowest BCUT2D eigenvalue weighted by Gasteiger charge is -2.15. The second kappa shape index (κ2) is 9.64. The van der Waals surface area contributed by atoms with Gasteiger partial charge in [-0.25, -0.2) is 4.79 Å². The number of fused-ring (bicyclic) bond motifs is 1. The summed E-state index contributed by atoms with van der Waals surface area (Å²) in [6, 6.07) is 11.7. The van der Waals surface area contributed by atoms with Crippen LogP contribution in [0, 0.1) is 0 Å². The number of urea groups is 1. The molecule has 1 atom stereocenters. The first kappa shape index (κ1) is 22.2. The van der Waals surface area contributed by atoms with E-state index in [2.05, 4.69) is 15.6 Å². The molecule has 0 spiro atoms. The predicted molar refractivity (Wildman–Crippen MR) is 122 cm³/mol. The van der Waals surface area contributed by atoms with Gasteiger partial charge in [0, 0.05) is 23.6 Å². The van der Waals surface area contributed by atoms with E-state index in [4.69, 9.17) is 9.47 Å². The normalized spacial score (nSPS) is 15.6. The van der Waals surface area contributed by atoms with E-state index in [-0.39, 0.29) is 18.9 Å². The van der Waals surface area contributed by atoms with Crippen molar-refractivity contribution in [3.63, 3.8) is 0 Å². The van der Waals surface area contributed by atoms with E-state index in [0.717, 1.165) is 21.4 Å². The Morgan fingerprint density at radius 3 is 2.67 bits per heavy atom. The number of hydrogen-bond donors (Lipinski definition) is 3. The highest BCUT2D eigenvalue weighted by atomic mass is 16.5. The van der Waals surface area contributed by atoms with Crippen molar-refractivity contribution in [3.05, 3.63) is 59.8 Å². The van der Waals surface area contributed by atoms with Crippen molar-refractivity contribution < 1.29 is 23.9 Å². The molecule has 0 aliphatic carbocycles. The second-order valence-corrected chi connectivity index (χ2v) is 7.78. The van der Waals surface area contributed by atoms with Crippen LogP contribution < -0.4 is 20.1 Å². The monoisotopic (exact) mass is 450 g/mol. The van der Waals surface area contributed by atoms with Crippen LogP contribution in [0.15, 0.2) is 48.7 Å². The zero-order valence-corrected chi connectivity index (χ0v) is 18.5. The molecule has 0 bridgehead atoms. The second-order valence-electron chi connectivity index (χ2n) is 7.78. The summed E-state index contributed by atoms with van der Waals surface area (Å²) in [7, 11) is 3.05. The Morgan fingerprint density at radius 2 is 1.88 bits per heavy atom. The molecule has 33 heavy (non-hydrogen) atoms. The smallest absolute Gasteiger partial charge is 0.325 e. The third-order valence-corrected chi connectivity index (χ3v) is 5.68. The first-order chi connectivity index (χ1) is 16.0. The van der Waals surface area contributed by atoms with Crippen molar-refractivity contribution >= 4 is 28.7 Å². The number of amides is 4. The van der Waals surface area contributed by atoms with E-state index >= 15 is 0 Å². The highest BCUT2D eigenvalue weighted by Crippen LogP contribution is 2.28. The molecule has 1 fully saturated rings. The fourth-order valence-corrected chi connectivity index (χ4v) is 3.96. The number of aromatic nitrogens is 1. The van der Waals surface area contributed by atoms with Gasteiger partial charge < -0.3 is 25.1 Å². The maximum absolute atomic E-state index is 12.7. The summed E-state index contributed by atoms with van der Waals surface area (Å²) >= 11 is 0. The maximum atomic E-state index is 12.7. The van der Waals surface area contributed by atoms with Crippen molar-refractivity contribution in [2.45, 2.75) is 25.4 Å². The molecule has 9 nitrogen and oxygen atoms in total. The standard InChI is InChI=1S/C24H26N4O5/c1-32-20-8-7-15(11-21(20)33-2)14-28-23(30)19(27-24(28)31)12-22(29)25-10-9-16-13-26-18-6-4-3-5-17(16)18/h3-8,11,13,19,26H,9-10,12,14H2,1-2H3,(H,25,29)(H,27,31)/t19-/m0/s1. The van der Waals surface area contributed by atoms with Crippen LogP contribution in [-0.2, 0) is 22.6 Å². The van der Waals surface area contributed by atoms with E-state index in [1.165, 1.54) is 14.2 Å². The summed E-state index contributed by atoms with van der Waals surface area (Å²) < 4.78 is 10.5. The minimum absolute atomic E-state index is 0.0731. The molecule has 9 heteroatoms. The number of para-hydroxylation sites is 1. The van der Waals surface area contributed by atoms with Crippen molar-refractivity contribution in [1.82, 2.24) is 20.5 Å². The van der Waals surface area contributed by atoms with Gasteiger partial charge in [0.25, 0.3) is 5.91 Å². The van der Waals surface area contributed by atoms with E-state index in [1.807, 2.05) is 30.5 Å². The Hall–Kier alpha value is -4.01. The van der Waals surface area contributed by atoms with Gasteiger partial charge in [-0.1, -0.05) is 24.3 Å². The van der Waals surface area contributed by atoms with Crippen LogP contribution in [0.2, 0.25) is 0 Å². The van der Waals surface area contributed by atoms with Gasteiger partial charge in [-0.3, -0.25) is 14.5 Å². The van der Waals surface area contributed by atoms with E-state index in [9.17, 15) is 14.4 Å². The molecular formula is C24H26N4O5. The van der Waals surface area contributed by atoms with Crippen molar-refractivity contribution in [2.75, 3.05) is 20.8 Å². The Balaban J connectivity index is 1.30. The van der Waals surface area contributed by atoms with Gasteiger partial charge in [0.1, 0.15) is 6.04 Å². The fourth-order valence-electron chi connectivity index (χ4n) is 3.96. The Kier molecular flexibility index (Phi) is 6.48. The predicted octanol–water partition coefficient (Wildman–Crippen LogP) is 2.35. The average molecular weight is 450 g/mol. The highest BCUT2D eigenvalue weighted by Gasteiger charge is 2.39. The molecule has 1 aromatic heterocycles. The molecule has 1 aliphatic rings. The number of aromatic amines is 1. The summed E-state index contributed by atoms with van der Waals surface area (Å²) in [6.45, 7) is 0.509. The van der Waals surface area contributed by atoms with Crippen LogP contribution >= 0.6 is 0 Å². The summed E-state index contributed by atoms with van der Waals surface area (Å²) in [5.41, 5.74) is 2.87. The van der Waals surface area contributed by atoms with E-state index in [0.29, 0.717) is 30.0 Å². The molecule has 1 saturated heterocycles. The Labute approximate surface area is 191 Å². The topological polar surface area (TPSA) is 113 Å². The van der Waals surface area contributed by atoms with Crippen LogP contribution in [0.25, 0.3) is 10.9 Å². The summed E-state index contributed by atoms with van der Waals surface area (Å²) in [4.78, 5) is 41.8. The molecule has 172 valence electrons. The van der Waals surface area contributed by atoms with Crippen LogP contribution in [0.4, 0.5) is 4.79 Å². The third kappa shape index (κ3) is 4.77. The van der Waals surface area contributed by atoms with Gasteiger partial charge >= 0.3 is 6.03 Å². The number of rotatable bonds is 9. The van der Waals surface area contributed by atoms with Gasteiger partial charge in [-0.15, -0.1) is 0 Å². The Morgan fingerprint density at radius 1 is 1.09 bits per heavy atom. The number of hydrogen-bond acceptors (Lipinski definition) is 5. The molecule has 4 amide bonds. The van der Waals surface area contributed by atoms with Crippen LogP contribution in [0.5, 0.6) is 11.5 Å². The van der Waals surface area contributed by atoms with Crippen LogP contribution in [0.3, 0.4) is 0 Å². The van der Waals surface area contributed by atoms with Gasteiger partial charge in [-0.2, -0.15) is 0 Å². The quantitative estimate of drug-likeness (QED) is 0.433. The van der Waals surface area contributed by atoms with Gasteiger partial charge in [0.2, 0.25) is 5.91 Å². The molecule has 2 heterocycles. The number of benzene rings is 2. The molecule has 3 aromatic rings. The summed E-state index contributed by atoms with van der Waals surface area (Å²) in [5.74, 6) is 0.344. The average Bonchev–Trinajstić information content (AvgIpc) is 3.35. The van der Waals surface area contributed by atoms with Gasteiger partial charge in [0.15, 0.2) is 11.5 Å². The van der Waals surface area contributed by atoms with Crippen molar-refractivity contribution in [2.24, 2.45) is 0 Å². The van der Waals surface area contributed by atoms with Gasteiger partial charge in [-0.05, 0) is 35.7 Å². The lowest BCUT2D eigenvalue weighted by Crippen LogP contribution is -2.37. The van der Waals surface area contributed by atoms with Crippen LogP contribution in [-0.4, -0.2) is 54.5 Å². The summed E-state index contributed by atoms with van der Waals surface area (Å²) in [6.07, 6.45) is 2.48. The molecule has 2 aromatic carbocycles. The lowest BCUT2D eigenvalue weighted by atomic mass is 10.1. The number of carbonyl (C=O) groups excluding carboxylic acids is 3. The zero-order valence-electron chi connectivity index (χ0n) is 18.5. The SMILES string of the molecule is COc1ccc(CN2C(=O)N[C@@H](CC(=O)NCCc3c[nH]c4ccccc34)C2=O)cc1OC. The van der Waals surface area contributed by atoms with Crippen molar-refractivity contribution in [3.8, 4) is 11.5 Å². The molecule has 0 radical (unpaired) electrons. The highest BCUT2D eigenvalue weighted by molar-refractivity contribution is 6.05. The first-order valence-corrected chi connectivity index (χ1v) is 10.6. The molecule has 1 aliphatic heterocycles. The number of ether oxygens (including phenoxy) is 2. The Bertz CT molecular complexity index is 1190. The number of H-pyrrole nitrogens is 1. The number of methoxy groups -OCH3 is 2. The number of nitrogens with one attached hydrogen (secondary N) is 3. The maximum Gasteiger partial charge on any atom is 0.325 e. The molecule has 3 N–H and O–H groups in total. The molecule has 0 unspecified atom stereocenters. The largest absolute Gasteiger partial charge is 0.493 e. The molecule has 0 saturated carbocycles. The summed E-state index contributed by atoms with van der Waals surface area (Å²) in [5, 5.41) is 6.56. The third-order valence-electron chi connectivity index (χ3n) is 5.68. The van der Waals surface area contributed by atoms with Gasteiger partial charge in [0.05, 0.1) is 27.2 Å². The number of nitrogens with zero attached hydrogens (tertiary/aromatic N) is 1. The lowest BCUT2D eigenvalue weighted by molar-refractivity contribution is -0.131. The zero-order chi connectivity index (χ0) is 23.4. The minimum atomic E-state index is -0.884. The first-order valence-electron chi connectivity index (χ1n) is 10.6. The molecule has 4 rings (SSSR count). The fraction of sp³-hybridized carbons (Fsp3) is 0.292. The van der Waals surface area contributed by atoms with Crippen LogP contribution in [0.1, 0.15) is 17.5 Å². The number of carbonyl (C=O) groups is 3. The molecular weight excluding hydrogens is 424 g/mol. The van der Waals surface area contributed by atoms with Crippen molar-refractivity contribution in [1.29, 1.82) is 0 Å². The van der Waals surface area contributed by atoms with E-state index in [1.54, 1.807) is 18.2 Å². The minimum Gasteiger partial charge on any atom is -0.493 e. The number of imide groups is 1.